The average molecular weight is 172 g/mol. The second kappa shape index (κ2) is 7.56. The monoisotopic (exact) mass is 172 g/mol. The Morgan fingerprint density at radius 3 is 2.33 bits per heavy atom. The van der Waals surface area contributed by atoms with Crippen molar-refractivity contribution in [3.8, 4) is 0 Å². The Balaban J connectivity index is 3.39. The van der Waals surface area contributed by atoms with E-state index < -0.39 is 0 Å². The number of nitrogens with one attached hydrogen (secondary N) is 1. The van der Waals surface area contributed by atoms with Crippen LogP contribution < -0.4 is 5.32 Å². The van der Waals surface area contributed by atoms with Crippen LogP contribution in [0.15, 0.2) is 0 Å². The highest BCUT2D eigenvalue weighted by Crippen LogP contribution is 1.96. The maximum Gasteiger partial charge on any atom is 0.0107 e. The van der Waals surface area contributed by atoms with Crippen LogP contribution in [0.25, 0.3) is 0 Å². The van der Waals surface area contributed by atoms with Crippen molar-refractivity contribution in [1.29, 1.82) is 0 Å². The smallest absolute Gasteiger partial charge is 0.0107 e. The lowest BCUT2D eigenvalue weighted by atomic mass is 10.2. The number of hydrogen-bond donors (Lipinski definition) is 1. The summed E-state index contributed by atoms with van der Waals surface area (Å²) >= 11 is 0. The van der Waals surface area contributed by atoms with Crippen molar-refractivity contribution in [2.24, 2.45) is 5.92 Å². The summed E-state index contributed by atoms with van der Waals surface area (Å²) in [6.45, 7) is 14.7. The predicted molar refractivity (Wildman–Crippen MR) is 55.5 cm³/mol. The van der Waals surface area contributed by atoms with E-state index in [0.29, 0.717) is 0 Å². The molecule has 0 spiro atoms. The summed E-state index contributed by atoms with van der Waals surface area (Å²) in [6, 6.07) is 0. The summed E-state index contributed by atoms with van der Waals surface area (Å²) < 4.78 is 0. The molecule has 0 aromatic carbocycles. The third kappa shape index (κ3) is 6.62. The van der Waals surface area contributed by atoms with Gasteiger partial charge < -0.3 is 10.2 Å². The first kappa shape index (κ1) is 11.9. The highest BCUT2D eigenvalue weighted by atomic mass is 15.1. The van der Waals surface area contributed by atoms with E-state index >= 15 is 0 Å². The van der Waals surface area contributed by atoms with Crippen LogP contribution in [0.3, 0.4) is 0 Å². The molecule has 0 aromatic heterocycles. The van der Waals surface area contributed by atoms with Gasteiger partial charge in [0.2, 0.25) is 0 Å². The van der Waals surface area contributed by atoms with Gasteiger partial charge in [0.1, 0.15) is 0 Å². The van der Waals surface area contributed by atoms with E-state index in [1.54, 1.807) is 0 Å². The molecule has 0 aromatic rings. The Morgan fingerprint density at radius 1 is 1.25 bits per heavy atom. The standard InChI is InChI=1S/C10H24N2/c1-5-11-7-8-12(6-2)9-10(3)4/h10-11H,5-9H2,1-4H3. The van der Waals surface area contributed by atoms with Crippen molar-refractivity contribution in [1.82, 2.24) is 10.2 Å². The Kier molecular flexibility index (Phi) is 7.51. The van der Waals surface area contributed by atoms with Crippen molar-refractivity contribution in [3.05, 3.63) is 0 Å². The lowest BCUT2D eigenvalue weighted by Crippen LogP contribution is -2.34. The molecule has 1 N–H and O–H groups in total. The lowest BCUT2D eigenvalue weighted by molar-refractivity contribution is 0.257. The zero-order valence-corrected chi connectivity index (χ0v) is 9.06. The van der Waals surface area contributed by atoms with Gasteiger partial charge in [-0.05, 0) is 19.0 Å². The number of rotatable bonds is 7. The second-order valence-corrected chi connectivity index (χ2v) is 3.64. The van der Waals surface area contributed by atoms with Crippen LogP contribution in [-0.2, 0) is 0 Å². The molecule has 0 saturated heterocycles. The number of nitrogens with zero attached hydrogens (tertiary/aromatic N) is 1. The Morgan fingerprint density at radius 2 is 1.92 bits per heavy atom. The van der Waals surface area contributed by atoms with Crippen LogP contribution in [-0.4, -0.2) is 37.6 Å². The van der Waals surface area contributed by atoms with Crippen LogP contribution in [0.5, 0.6) is 0 Å². The fraction of sp³-hybridized carbons (Fsp3) is 1.00. The highest BCUT2D eigenvalue weighted by molar-refractivity contribution is 4.59. The lowest BCUT2D eigenvalue weighted by Gasteiger charge is -2.22. The molecule has 0 aliphatic rings. The maximum absolute atomic E-state index is 3.34. The maximum atomic E-state index is 3.34. The van der Waals surface area contributed by atoms with Crippen molar-refractivity contribution >= 4 is 0 Å². The normalized spacial score (nSPS) is 11.5. The van der Waals surface area contributed by atoms with Gasteiger partial charge in [0.15, 0.2) is 0 Å². The highest BCUT2D eigenvalue weighted by Gasteiger charge is 2.03. The van der Waals surface area contributed by atoms with E-state index in [1.807, 2.05) is 0 Å². The molecule has 0 heterocycles. The minimum absolute atomic E-state index is 0.784. The molecule has 0 radical (unpaired) electrons. The van der Waals surface area contributed by atoms with Crippen molar-refractivity contribution < 1.29 is 0 Å². The summed E-state index contributed by atoms with van der Waals surface area (Å²) in [5.41, 5.74) is 0. The average Bonchev–Trinajstić information content (AvgIpc) is 2.02. The molecule has 0 unspecified atom stereocenters. The fourth-order valence-corrected chi connectivity index (χ4v) is 1.31. The molecule has 12 heavy (non-hydrogen) atoms. The molecule has 2 nitrogen and oxygen atoms in total. The molecule has 0 amide bonds. The van der Waals surface area contributed by atoms with Crippen LogP contribution in [0.2, 0.25) is 0 Å². The minimum Gasteiger partial charge on any atom is -0.316 e. The molecule has 0 atom stereocenters. The van der Waals surface area contributed by atoms with E-state index in [-0.39, 0.29) is 0 Å². The van der Waals surface area contributed by atoms with Crippen molar-refractivity contribution in [2.75, 3.05) is 32.7 Å². The zero-order chi connectivity index (χ0) is 9.40. The second-order valence-electron chi connectivity index (χ2n) is 3.64. The molecule has 0 fully saturated rings. The Bertz CT molecular complexity index is 91.8. The summed E-state index contributed by atoms with van der Waals surface area (Å²) in [7, 11) is 0. The van der Waals surface area contributed by atoms with Crippen LogP contribution >= 0.6 is 0 Å². The van der Waals surface area contributed by atoms with E-state index in [1.165, 1.54) is 19.6 Å². The summed E-state index contributed by atoms with van der Waals surface area (Å²) in [4.78, 5) is 2.49. The van der Waals surface area contributed by atoms with Gasteiger partial charge in [-0.3, -0.25) is 0 Å². The zero-order valence-electron chi connectivity index (χ0n) is 9.06. The van der Waals surface area contributed by atoms with E-state index in [4.69, 9.17) is 0 Å². The molecule has 0 rings (SSSR count). The molecular formula is C10H24N2. The van der Waals surface area contributed by atoms with Gasteiger partial charge in [0.25, 0.3) is 0 Å². The molecule has 0 aliphatic carbocycles. The van der Waals surface area contributed by atoms with Crippen LogP contribution in [0.1, 0.15) is 27.7 Å². The topological polar surface area (TPSA) is 15.3 Å². The SMILES string of the molecule is CCNCCN(CC)CC(C)C. The predicted octanol–water partition coefficient (Wildman–Crippen LogP) is 1.57. The van der Waals surface area contributed by atoms with E-state index in [9.17, 15) is 0 Å². The first-order chi connectivity index (χ1) is 5.70. The number of likely N-dealkylation sites (N-methyl/N-ethyl adjacent to an activating group) is 2. The largest absolute Gasteiger partial charge is 0.316 e. The van der Waals surface area contributed by atoms with Gasteiger partial charge in [-0.2, -0.15) is 0 Å². The van der Waals surface area contributed by atoms with Gasteiger partial charge >= 0.3 is 0 Å². The van der Waals surface area contributed by atoms with Crippen LogP contribution in [0.4, 0.5) is 0 Å². The first-order valence-electron chi connectivity index (χ1n) is 5.13. The molecule has 0 bridgehead atoms. The van der Waals surface area contributed by atoms with Gasteiger partial charge in [-0.15, -0.1) is 0 Å². The molecule has 2 heteroatoms. The third-order valence-electron chi connectivity index (χ3n) is 1.93. The minimum atomic E-state index is 0.784. The number of hydrogen-bond acceptors (Lipinski definition) is 2. The van der Waals surface area contributed by atoms with Gasteiger partial charge in [-0.25, -0.2) is 0 Å². The third-order valence-corrected chi connectivity index (χ3v) is 1.93. The molecule has 0 saturated carbocycles. The first-order valence-corrected chi connectivity index (χ1v) is 5.13. The fourth-order valence-electron chi connectivity index (χ4n) is 1.31. The summed E-state index contributed by atoms with van der Waals surface area (Å²) in [6.07, 6.45) is 0. The van der Waals surface area contributed by atoms with Crippen LogP contribution in [0, 0.1) is 5.92 Å². The van der Waals surface area contributed by atoms with E-state index in [2.05, 4.69) is 37.9 Å². The molecule has 0 aliphatic heterocycles. The van der Waals surface area contributed by atoms with Crippen molar-refractivity contribution in [3.63, 3.8) is 0 Å². The van der Waals surface area contributed by atoms with Gasteiger partial charge in [0, 0.05) is 19.6 Å². The van der Waals surface area contributed by atoms with Gasteiger partial charge in [0.05, 0.1) is 0 Å². The molecular weight excluding hydrogens is 148 g/mol. The quantitative estimate of drug-likeness (QED) is 0.586. The van der Waals surface area contributed by atoms with E-state index in [0.717, 1.165) is 19.0 Å². The Labute approximate surface area is 77.3 Å². The Hall–Kier alpha value is -0.0800. The molecule has 74 valence electrons. The summed E-state index contributed by atoms with van der Waals surface area (Å²) in [5, 5.41) is 3.34. The van der Waals surface area contributed by atoms with Gasteiger partial charge in [-0.1, -0.05) is 27.7 Å². The van der Waals surface area contributed by atoms with Crippen molar-refractivity contribution in [2.45, 2.75) is 27.7 Å². The summed E-state index contributed by atoms with van der Waals surface area (Å²) in [5.74, 6) is 0.784.